The number of hydrogen-bond donors (Lipinski definition) is 3. The molecular weight excluding hydrogens is 463 g/mol. The number of piperazine rings is 1. The summed E-state index contributed by atoms with van der Waals surface area (Å²) in [5, 5.41) is 15.2. The van der Waals surface area contributed by atoms with Gasteiger partial charge in [0.05, 0.1) is 17.8 Å². The van der Waals surface area contributed by atoms with Crippen LogP contribution in [0.15, 0.2) is 66.7 Å². The van der Waals surface area contributed by atoms with E-state index in [0.717, 1.165) is 11.3 Å². The minimum atomic E-state index is -1.13. The Labute approximate surface area is 208 Å². The zero-order valence-electron chi connectivity index (χ0n) is 19.8. The number of nitrogens with one attached hydrogen (secondary N) is 2. The molecule has 1 aliphatic heterocycles. The standard InChI is InChI=1S/C27H27FN4O4/c1-18-2-4-19(5-3-18)26(34)30-24-11-10-22(16-23(24)27(35)36)32-14-12-31(13-15-32)17-25(33)29-21-8-6-20(28)7-9-21/h2-11,16H,12-15,17H2,1H3,(H,29,33)(H,30,34)(H,35,36). The lowest BCUT2D eigenvalue weighted by molar-refractivity contribution is -0.117. The van der Waals surface area contributed by atoms with Crippen molar-refractivity contribution in [2.45, 2.75) is 6.92 Å². The molecule has 36 heavy (non-hydrogen) atoms. The lowest BCUT2D eigenvalue weighted by atomic mass is 10.1. The fourth-order valence-corrected chi connectivity index (χ4v) is 4.02. The van der Waals surface area contributed by atoms with Crippen LogP contribution in [0.3, 0.4) is 0 Å². The van der Waals surface area contributed by atoms with Gasteiger partial charge in [-0.2, -0.15) is 0 Å². The van der Waals surface area contributed by atoms with Crippen LogP contribution in [0.5, 0.6) is 0 Å². The van der Waals surface area contributed by atoms with Gasteiger partial charge in [0, 0.05) is 43.1 Å². The van der Waals surface area contributed by atoms with Gasteiger partial charge in [-0.1, -0.05) is 17.7 Å². The molecule has 1 aliphatic rings. The van der Waals surface area contributed by atoms with E-state index in [4.69, 9.17) is 0 Å². The number of nitrogens with zero attached hydrogens (tertiary/aromatic N) is 2. The minimum Gasteiger partial charge on any atom is -0.478 e. The highest BCUT2D eigenvalue weighted by atomic mass is 19.1. The number of anilines is 3. The summed E-state index contributed by atoms with van der Waals surface area (Å²) in [6.45, 7) is 4.58. The molecule has 9 heteroatoms. The van der Waals surface area contributed by atoms with E-state index < -0.39 is 5.97 Å². The van der Waals surface area contributed by atoms with Crippen molar-refractivity contribution in [2.24, 2.45) is 0 Å². The molecule has 1 heterocycles. The Morgan fingerprint density at radius 2 is 1.56 bits per heavy atom. The van der Waals surface area contributed by atoms with E-state index in [9.17, 15) is 23.9 Å². The number of carboxylic acids is 1. The first-order valence-electron chi connectivity index (χ1n) is 11.6. The highest BCUT2D eigenvalue weighted by Crippen LogP contribution is 2.25. The first-order valence-corrected chi connectivity index (χ1v) is 11.6. The van der Waals surface area contributed by atoms with Gasteiger partial charge >= 0.3 is 5.97 Å². The molecular formula is C27H27FN4O4. The molecule has 3 aromatic rings. The van der Waals surface area contributed by atoms with Crippen molar-refractivity contribution >= 4 is 34.8 Å². The predicted octanol–water partition coefficient (Wildman–Crippen LogP) is 3.85. The number of benzene rings is 3. The maximum absolute atomic E-state index is 13.0. The summed E-state index contributed by atoms with van der Waals surface area (Å²) < 4.78 is 13.0. The van der Waals surface area contributed by atoms with Crippen molar-refractivity contribution in [3.63, 3.8) is 0 Å². The molecule has 3 N–H and O–H groups in total. The van der Waals surface area contributed by atoms with E-state index in [2.05, 4.69) is 10.6 Å². The molecule has 1 saturated heterocycles. The van der Waals surface area contributed by atoms with Crippen molar-refractivity contribution in [1.29, 1.82) is 0 Å². The smallest absolute Gasteiger partial charge is 0.337 e. The third kappa shape index (κ3) is 6.25. The molecule has 4 rings (SSSR count). The number of hydrogen-bond acceptors (Lipinski definition) is 5. The van der Waals surface area contributed by atoms with Gasteiger partial charge in [-0.05, 0) is 61.5 Å². The predicted molar refractivity (Wildman–Crippen MR) is 136 cm³/mol. The number of halogens is 1. The summed E-state index contributed by atoms with van der Waals surface area (Å²) in [4.78, 5) is 40.9. The quantitative estimate of drug-likeness (QED) is 0.465. The fraction of sp³-hybridized carbons (Fsp3) is 0.222. The molecule has 0 radical (unpaired) electrons. The Hall–Kier alpha value is -4.24. The van der Waals surface area contributed by atoms with E-state index >= 15 is 0 Å². The Balaban J connectivity index is 1.35. The van der Waals surface area contributed by atoms with Gasteiger partial charge in [-0.15, -0.1) is 0 Å². The third-order valence-electron chi connectivity index (χ3n) is 6.03. The lowest BCUT2D eigenvalue weighted by Crippen LogP contribution is -2.48. The van der Waals surface area contributed by atoms with Crippen LogP contribution in [0, 0.1) is 12.7 Å². The SMILES string of the molecule is Cc1ccc(C(=O)Nc2ccc(N3CCN(CC(=O)Nc4ccc(F)cc4)CC3)cc2C(=O)O)cc1. The van der Waals surface area contributed by atoms with E-state index in [1.807, 2.05) is 28.9 Å². The highest BCUT2D eigenvalue weighted by molar-refractivity contribution is 6.08. The average Bonchev–Trinajstić information content (AvgIpc) is 2.86. The molecule has 0 unspecified atom stereocenters. The summed E-state index contributed by atoms with van der Waals surface area (Å²) in [5.41, 5.74) is 2.98. The first kappa shape index (κ1) is 24.9. The topological polar surface area (TPSA) is 102 Å². The van der Waals surface area contributed by atoms with Crippen LogP contribution < -0.4 is 15.5 Å². The number of aromatic carboxylic acids is 1. The second-order valence-corrected chi connectivity index (χ2v) is 8.67. The van der Waals surface area contributed by atoms with Crippen LogP contribution >= 0.6 is 0 Å². The zero-order chi connectivity index (χ0) is 25.7. The number of aryl methyl sites for hydroxylation is 1. The summed E-state index contributed by atoms with van der Waals surface area (Å²) >= 11 is 0. The van der Waals surface area contributed by atoms with E-state index in [1.165, 1.54) is 24.3 Å². The Kier molecular flexibility index (Phi) is 7.60. The van der Waals surface area contributed by atoms with Crippen LogP contribution in [-0.2, 0) is 4.79 Å². The zero-order valence-corrected chi connectivity index (χ0v) is 19.8. The van der Waals surface area contributed by atoms with Crippen LogP contribution in [0.25, 0.3) is 0 Å². The molecule has 0 atom stereocenters. The van der Waals surface area contributed by atoms with Gasteiger partial charge in [0.2, 0.25) is 5.91 Å². The van der Waals surface area contributed by atoms with Crippen molar-refractivity contribution < 1.29 is 23.9 Å². The summed E-state index contributed by atoms with van der Waals surface area (Å²) in [6, 6.07) is 17.6. The number of carboxylic acid groups (broad SMARTS) is 1. The fourth-order valence-electron chi connectivity index (χ4n) is 4.02. The van der Waals surface area contributed by atoms with Gasteiger partial charge in [-0.3, -0.25) is 14.5 Å². The Bertz CT molecular complexity index is 1250. The van der Waals surface area contributed by atoms with E-state index in [-0.39, 0.29) is 35.4 Å². The van der Waals surface area contributed by atoms with Crippen LogP contribution in [-0.4, -0.2) is 60.5 Å². The molecule has 0 bridgehead atoms. The van der Waals surface area contributed by atoms with Gasteiger partial charge in [0.1, 0.15) is 5.82 Å². The first-order chi connectivity index (χ1) is 17.3. The molecule has 3 aromatic carbocycles. The minimum absolute atomic E-state index is 0.00840. The second-order valence-electron chi connectivity index (χ2n) is 8.67. The maximum Gasteiger partial charge on any atom is 0.337 e. The average molecular weight is 491 g/mol. The number of rotatable bonds is 7. The van der Waals surface area contributed by atoms with Crippen molar-refractivity contribution in [1.82, 2.24) is 4.90 Å². The van der Waals surface area contributed by atoms with Crippen LogP contribution in [0.4, 0.5) is 21.5 Å². The summed E-state index contributed by atoms with van der Waals surface area (Å²) in [7, 11) is 0. The van der Waals surface area contributed by atoms with E-state index in [1.54, 1.807) is 30.3 Å². The normalized spacial score (nSPS) is 13.8. The molecule has 2 amide bonds. The van der Waals surface area contributed by atoms with Crippen molar-refractivity contribution in [3.8, 4) is 0 Å². The summed E-state index contributed by atoms with van der Waals surface area (Å²) in [5.74, 6) is -2.06. The molecule has 1 fully saturated rings. The largest absolute Gasteiger partial charge is 0.478 e. The second kappa shape index (κ2) is 11.0. The third-order valence-corrected chi connectivity index (χ3v) is 6.03. The summed E-state index contributed by atoms with van der Waals surface area (Å²) in [6.07, 6.45) is 0. The van der Waals surface area contributed by atoms with Gasteiger partial charge < -0.3 is 20.6 Å². The molecule has 186 valence electrons. The van der Waals surface area contributed by atoms with Gasteiger partial charge in [0.15, 0.2) is 0 Å². The highest BCUT2D eigenvalue weighted by Gasteiger charge is 2.22. The van der Waals surface area contributed by atoms with Gasteiger partial charge in [0.25, 0.3) is 5.91 Å². The van der Waals surface area contributed by atoms with Crippen molar-refractivity contribution in [2.75, 3.05) is 48.3 Å². The monoisotopic (exact) mass is 490 g/mol. The van der Waals surface area contributed by atoms with Crippen LogP contribution in [0.1, 0.15) is 26.3 Å². The molecule has 0 spiro atoms. The van der Waals surface area contributed by atoms with E-state index in [0.29, 0.717) is 37.4 Å². The van der Waals surface area contributed by atoms with Crippen molar-refractivity contribution in [3.05, 3.63) is 89.2 Å². The molecule has 8 nitrogen and oxygen atoms in total. The maximum atomic E-state index is 13.0. The van der Waals surface area contributed by atoms with Crippen LogP contribution in [0.2, 0.25) is 0 Å². The Morgan fingerprint density at radius 3 is 2.19 bits per heavy atom. The molecule has 0 aromatic heterocycles. The number of carbonyl (C=O) groups excluding carboxylic acids is 2. The number of carbonyl (C=O) groups is 3. The lowest BCUT2D eigenvalue weighted by Gasteiger charge is -2.36. The molecule has 0 aliphatic carbocycles. The van der Waals surface area contributed by atoms with Gasteiger partial charge in [-0.25, -0.2) is 9.18 Å². The Morgan fingerprint density at radius 1 is 0.889 bits per heavy atom. The molecule has 0 saturated carbocycles. The number of amides is 2.